The molecule has 2 aliphatic rings. The van der Waals surface area contributed by atoms with Crippen molar-refractivity contribution in [2.45, 2.75) is 64.7 Å². The molecule has 0 spiro atoms. The van der Waals surface area contributed by atoms with E-state index in [9.17, 15) is 4.39 Å². The van der Waals surface area contributed by atoms with E-state index in [0.717, 1.165) is 23.3 Å². The maximum absolute atomic E-state index is 14.7. The minimum Gasteiger partial charge on any atom is -0.206 e. The zero-order chi connectivity index (χ0) is 19.5. The Morgan fingerprint density at radius 2 is 1.64 bits per heavy atom. The number of benzene rings is 2. The van der Waals surface area contributed by atoms with Gasteiger partial charge < -0.3 is 0 Å². The van der Waals surface area contributed by atoms with Crippen LogP contribution in [0.25, 0.3) is 0 Å². The van der Waals surface area contributed by atoms with Gasteiger partial charge in [0.15, 0.2) is 0 Å². The molecule has 4 atom stereocenters. The van der Waals surface area contributed by atoms with Crippen LogP contribution in [-0.2, 0) is 0 Å². The lowest BCUT2D eigenvalue weighted by molar-refractivity contribution is 0.116. The second-order valence-corrected chi connectivity index (χ2v) is 8.97. The zero-order valence-electron chi connectivity index (χ0n) is 17.2. The number of rotatable bonds is 2. The van der Waals surface area contributed by atoms with Gasteiger partial charge in [-0.05, 0) is 92.5 Å². The summed E-state index contributed by atoms with van der Waals surface area (Å²) in [4.78, 5) is 0. The van der Waals surface area contributed by atoms with Crippen molar-refractivity contribution in [3.63, 3.8) is 0 Å². The summed E-state index contributed by atoms with van der Waals surface area (Å²) in [5, 5.41) is 0. The van der Waals surface area contributed by atoms with Crippen molar-refractivity contribution in [3.05, 3.63) is 70.5 Å². The minimum atomic E-state index is -0.172. The van der Waals surface area contributed by atoms with Crippen molar-refractivity contribution in [1.82, 2.24) is 0 Å². The Labute approximate surface area is 169 Å². The van der Waals surface area contributed by atoms with Gasteiger partial charge in [0.25, 0.3) is 0 Å². The van der Waals surface area contributed by atoms with E-state index in [4.69, 9.17) is 0 Å². The summed E-state index contributed by atoms with van der Waals surface area (Å²) in [5.74, 6) is 9.16. The van der Waals surface area contributed by atoms with Gasteiger partial charge in [-0.15, -0.1) is 0 Å². The first-order valence-electron chi connectivity index (χ1n) is 11.0. The maximum Gasteiger partial charge on any atom is 0.139 e. The molecular weight excluding hydrogens is 343 g/mol. The van der Waals surface area contributed by atoms with Gasteiger partial charge in [0.05, 0.1) is 5.56 Å². The highest BCUT2D eigenvalue weighted by atomic mass is 19.1. The first-order valence-corrected chi connectivity index (χ1v) is 11.0. The molecule has 2 aromatic carbocycles. The normalized spacial score (nSPS) is 26.8. The van der Waals surface area contributed by atoms with E-state index in [2.05, 4.69) is 31.8 Å². The van der Waals surface area contributed by atoms with Gasteiger partial charge in [-0.3, -0.25) is 0 Å². The molecule has 0 N–H and O–H groups in total. The van der Waals surface area contributed by atoms with Crippen LogP contribution in [0.2, 0.25) is 0 Å². The van der Waals surface area contributed by atoms with E-state index in [1.807, 2.05) is 30.3 Å². The molecule has 2 aliphatic carbocycles. The second kappa shape index (κ2) is 8.52. The Hall–Kier alpha value is -2.07. The van der Waals surface area contributed by atoms with E-state index < -0.39 is 0 Å². The predicted molar refractivity (Wildman–Crippen MR) is 115 cm³/mol. The van der Waals surface area contributed by atoms with E-state index in [0.29, 0.717) is 11.5 Å². The molecule has 1 unspecified atom stereocenters. The number of fused-ring (bicyclic) bond motifs is 1. The number of hydrogen-bond donors (Lipinski definition) is 0. The molecule has 0 aromatic heterocycles. The number of aryl methyl sites for hydroxylation is 1. The molecule has 0 saturated heterocycles. The molecule has 146 valence electrons. The van der Waals surface area contributed by atoms with Crippen LogP contribution in [0.4, 0.5) is 4.39 Å². The van der Waals surface area contributed by atoms with Crippen LogP contribution in [0.1, 0.15) is 80.0 Å². The SMILES string of the molecule is CCC1CC[C@@H]2C[C@H](c3ccc(C#Cc4ccc(C)cc4)c(F)c3)CC[C@@H]2C1. The average Bonchev–Trinajstić information content (AvgIpc) is 2.73. The molecule has 0 radical (unpaired) electrons. The Morgan fingerprint density at radius 1 is 0.893 bits per heavy atom. The Balaban J connectivity index is 1.44. The minimum absolute atomic E-state index is 0.172. The van der Waals surface area contributed by atoms with E-state index in [1.54, 1.807) is 6.07 Å². The van der Waals surface area contributed by atoms with Crippen LogP contribution in [0.3, 0.4) is 0 Å². The van der Waals surface area contributed by atoms with Gasteiger partial charge in [0, 0.05) is 5.56 Å². The molecule has 28 heavy (non-hydrogen) atoms. The Kier molecular flexibility index (Phi) is 5.86. The second-order valence-electron chi connectivity index (χ2n) is 8.97. The summed E-state index contributed by atoms with van der Waals surface area (Å²) in [6.07, 6.45) is 9.32. The fourth-order valence-electron chi connectivity index (χ4n) is 5.32. The monoisotopic (exact) mass is 374 g/mol. The molecule has 2 aromatic rings. The lowest BCUT2D eigenvalue weighted by atomic mass is 9.63. The summed E-state index contributed by atoms with van der Waals surface area (Å²) in [7, 11) is 0. The lowest BCUT2D eigenvalue weighted by Gasteiger charge is -2.42. The molecule has 0 nitrogen and oxygen atoms in total. The molecule has 2 fully saturated rings. The van der Waals surface area contributed by atoms with Crippen LogP contribution in [0, 0.1) is 42.3 Å². The van der Waals surface area contributed by atoms with Gasteiger partial charge >= 0.3 is 0 Å². The number of hydrogen-bond acceptors (Lipinski definition) is 0. The van der Waals surface area contributed by atoms with E-state index in [-0.39, 0.29) is 5.82 Å². The van der Waals surface area contributed by atoms with E-state index >= 15 is 0 Å². The fourth-order valence-corrected chi connectivity index (χ4v) is 5.32. The topological polar surface area (TPSA) is 0 Å². The van der Waals surface area contributed by atoms with Gasteiger partial charge in [-0.1, -0.05) is 55.4 Å². The molecule has 0 amide bonds. The van der Waals surface area contributed by atoms with Crippen molar-refractivity contribution >= 4 is 0 Å². The van der Waals surface area contributed by atoms with Gasteiger partial charge in [-0.2, -0.15) is 0 Å². The fraction of sp³-hybridized carbons (Fsp3) is 0.481. The third kappa shape index (κ3) is 4.33. The summed E-state index contributed by atoms with van der Waals surface area (Å²) < 4.78 is 14.7. The quantitative estimate of drug-likeness (QED) is 0.486. The van der Waals surface area contributed by atoms with Crippen LogP contribution >= 0.6 is 0 Å². The maximum atomic E-state index is 14.7. The van der Waals surface area contributed by atoms with Crippen LogP contribution in [0.15, 0.2) is 42.5 Å². The molecular formula is C27H31F. The highest BCUT2D eigenvalue weighted by molar-refractivity contribution is 5.45. The Morgan fingerprint density at radius 3 is 2.39 bits per heavy atom. The highest BCUT2D eigenvalue weighted by Gasteiger charge is 2.35. The van der Waals surface area contributed by atoms with Gasteiger partial charge in [0.1, 0.15) is 5.82 Å². The summed E-state index contributed by atoms with van der Waals surface area (Å²) >= 11 is 0. The summed E-state index contributed by atoms with van der Waals surface area (Å²) in [5.41, 5.74) is 3.81. The lowest BCUT2D eigenvalue weighted by Crippen LogP contribution is -2.30. The first kappa shape index (κ1) is 19.3. The largest absolute Gasteiger partial charge is 0.206 e. The van der Waals surface area contributed by atoms with Crippen LogP contribution < -0.4 is 0 Å². The Bertz CT molecular complexity index is 867. The van der Waals surface area contributed by atoms with Crippen molar-refractivity contribution in [3.8, 4) is 11.8 Å². The molecule has 1 heteroatoms. The predicted octanol–water partition coefficient (Wildman–Crippen LogP) is 7.24. The molecule has 0 bridgehead atoms. The molecule has 0 heterocycles. The van der Waals surface area contributed by atoms with Crippen molar-refractivity contribution in [2.24, 2.45) is 17.8 Å². The van der Waals surface area contributed by atoms with Crippen LogP contribution in [-0.4, -0.2) is 0 Å². The van der Waals surface area contributed by atoms with E-state index in [1.165, 1.54) is 56.1 Å². The van der Waals surface area contributed by atoms with Crippen molar-refractivity contribution in [1.29, 1.82) is 0 Å². The molecule has 0 aliphatic heterocycles. The van der Waals surface area contributed by atoms with Crippen LogP contribution in [0.5, 0.6) is 0 Å². The standard InChI is InChI=1S/C27H31F/c1-3-20-8-11-24-17-25(15-14-23(24)16-20)26-13-12-22(27(28)18-26)10-9-21-6-4-19(2)5-7-21/h4-7,12-13,18,20,23-25H,3,8,11,14-17H2,1-2H3/t20?,23-,24-,25-/m1/s1. The van der Waals surface area contributed by atoms with Gasteiger partial charge in [0.2, 0.25) is 0 Å². The van der Waals surface area contributed by atoms with Crippen molar-refractivity contribution in [2.75, 3.05) is 0 Å². The number of halogens is 1. The van der Waals surface area contributed by atoms with Gasteiger partial charge in [-0.25, -0.2) is 4.39 Å². The average molecular weight is 375 g/mol. The third-order valence-electron chi connectivity index (χ3n) is 7.16. The highest BCUT2D eigenvalue weighted by Crippen LogP contribution is 2.48. The zero-order valence-corrected chi connectivity index (χ0v) is 17.2. The van der Waals surface area contributed by atoms with Crippen molar-refractivity contribution < 1.29 is 4.39 Å². The third-order valence-corrected chi connectivity index (χ3v) is 7.16. The molecule has 4 rings (SSSR count). The summed E-state index contributed by atoms with van der Waals surface area (Å²) in [6.45, 7) is 4.39. The summed E-state index contributed by atoms with van der Waals surface area (Å²) in [6, 6.07) is 13.8. The smallest absolute Gasteiger partial charge is 0.139 e. The molecule has 2 saturated carbocycles. The first-order chi connectivity index (χ1) is 13.6.